The number of rotatable bonds is 8. The largest absolute Gasteiger partial charge is 0.490 e. The van der Waals surface area contributed by atoms with E-state index in [1.54, 1.807) is 24.3 Å². The van der Waals surface area contributed by atoms with Crippen LogP contribution in [0.3, 0.4) is 0 Å². The molecule has 2 N–H and O–H groups in total. The zero-order valence-corrected chi connectivity index (χ0v) is 18.0. The lowest BCUT2D eigenvalue weighted by Gasteiger charge is -2.18. The Balaban J connectivity index is 1.66. The smallest absolute Gasteiger partial charge is 0.416 e. The van der Waals surface area contributed by atoms with Gasteiger partial charge in [0.1, 0.15) is 18.5 Å². The molecule has 3 rings (SSSR count). The molecule has 0 bridgehead atoms. The molecule has 7 nitrogen and oxygen atoms in total. The van der Waals surface area contributed by atoms with Gasteiger partial charge in [-0.05, 0) is 41.8 Å². The number of carbonyl (C=O) groups is 2. The second kappa shape index (κ2) is 9.61. The third-order valence-corrected chi connectivity index (χ3v) is 6.18. The van der Waals surface area contributed by atoms with Gasteiger partial charge in [0.05, 0.1) is 17.2 Å². The third kappa shape index (κ3) is 6.79. The molecule has 1 aliphatic rings. The van der Waals surface area contributed by atoms with Crippen LogP contribution >= 0.6 is 11.8 Å². The van der Waals surface area contributed by atoms with Crippen molar-refractivity contribution in [3.8, 4) is 5.75 Å². The molecule has 1 saturated heterocycles. The van der Waals surface area contributed by atoms with Gasteiger partial charge in [-0.1, -0.05) is 36.0 Å². The average molecular weight is 489 g/mol. The fourth-order valence-corrected chi connectivity index (χ4v) is 4.54. The van der Waals surface area contributed by atoms with Crippen LogP contribution in [-0.4, -0.2) is 31.2 Å². The predicted octanol–water partition coefficient (Wildman–Crippen LogP) is 3.19. The van der Waals surface area contributed by atoms with E-state index >= 15 is 0 Å². The minimum absolute atomic E-state index is 0.0636. The van der Waals surface area contributed by atoms with Crippen LogP contribution in [0.15, 0.2) is 48.5 Å². The quantitative estimate of drug-likeness (QED) is 0.567. The van der Waals surface area contributed by atoms with Crippen LogP contribution in [0.2, 0.25) is 0 Å². The van der Waals surface area contributed by atoms with E-state index in [0.717, 1.165) is 41.6 Å². The van der Waals surface area contributed by atoms with E-state index in [2.05, 4.69) is 0 Å². The second-order valence-corrected chi connectivity index (χ2v) is 9.42. The SMILES string of the molecule is NS(=O)(=O)OC(COc1ccc(CC2SC(=O)CC2=O)cc1)c1ccc(C(F)(F)F)cc1. The first-order valence-electron chi connectivity index (χ1n) is 9.23. The Morgan fingerprint density at radius 1 is 1.06 bits per heavy atom. The van der Waals surface area contributed by atoms with Crippen molar-refractivity contribution in [1.82, 2.24) is 0 Å². The molecule has 2 aromatic rings. The minimum atomic E-state index is -4.54. The van der Waals surface area contributed by atoms with Crippen molar-refractivity contribution in [3.63, 3.8) is 0 Å². The Labute approximate surface area is 186 Å². The number of ether oxygens (including phenoxy) is 1. The highest BCUT2D eigenvalue weighted by Gasteiger charge is 2.32. The van der Waals surface area contributed by atoms with E-state index in [9.17, 15) is 31.2 Å². The molecule has 12 heteroatoms. The second-order valence-electron chi connectivity index (χ2n) is 6.98. The number of hydrogen-bond donors (Lipinski definition) is 1. The molecule has 0 saturated carbocycles. The molecule has 0 aromatic heterocycles. The third-order valence-electron chi connectivity index (χ3n) is 4.56. The molecule has 2 atom stereocenters. The summed E-state index contributed by atoms with van der Waals surface area (Å²) in [5.74, 6) is 0.227. The van der Waals surface area contributed by atoms with Gasteiger partial charge in [0.15, 0.2) is 10.9 Å². The molecule has 0 aliphatic carbocycles. The van der Waals surface area contributed by atoms with Crippen LogP contribution < -0.4 is 9.88 Å². The average Bonchev–Trinajstić information content (AvgIpc) is 3.01. The van der Waals surface area contributed by atoms with Crippen LogP contribution in [0.1, 0.15) is 29.2 Å². The van der Waals surface area contributed by atoms with Crippen molar-refractivity contribution in [1.29, 1.82) is 0 Å². The van der Waals surface area contributed by atoms with Gasteiger partial charge in [-0.2, -0.15) is 21.6 Å². The number of hydrogen-bond acceptors (Lipinski definition) is 7. The fourth-order valence-electron chi connectivity index (χ4n) is 3.01. The lowest BCUT2D eigenvalue weighted by atomic mass is 10.1. The van der Waals surface area contributed by atoms with E-state index in [4.69, 9.17) is 14.1 Å². The van der Waals surface area contributed by atoms with Crippen molar-refractivity contribution in [3.05, 3.63) is 65.2 Å². The minimum Gasteiger partial charge on any atom is -0.490 e. The summed E-state index contributed by atoms with van der Waals surface area (Å²) in [5, 5.41) is 4.36. The van der Waals surface area contributed by atoms with Crippen LogP contribution in [0.25, 0.3) is 0 Å². The van der Waals surface area contributed by atoms with Crippen molar-refractivity contribution in [2.45, 2.75) is 30.4 Å². The van der Waals surface area contributed by atoms with Crippen LogP contribution in [0, 0.1) is 0 Å². The number of alkyl halides is 3. The van der Waals surface area contributed by atoms with Crippen molar-refractivity contribution in [2.75, 3.05) is 6.61 Å². The predicted molar refractivity (Wildman–Crippen MR) is 110 cm³/mol. The molecule has 0 radical (unpaired) electrons. The molecule has 1 fully saturated rings. The van der Waals surface area contributed by atoms with Crippen LogP contribution in [-0.2, 0) is 36.7 Å². The Morgan fingerprint density at radius 3 is 2.19 bits per heavy atom. The fraction of sp³-hybridized carbons (Fsp3) is 0.300. The van der Waals surface area contributed by atoms with Gasteiger partial charge in [-0.25, -0.2) is 9.32 Å². The summed E-state index contributed by atoms with van der Waals surface area (Å²) in [6.07, 6.45) is -5.49. The Morgan fingerprint density at radius 2 is 1.69 bits per heavy atom. The van der Waals surface area contributed by atoms with Gasteiger partial charge in [0.2, 0.25) is 0 Å². The maximum Gasteiger partial charge on any atom is 0.416 e. The summed E-state index contributed by atoms with van der Waals surface area (Å²) in [6, 6.07) is 10.3. The summed E-state index contributed by atoms with van der Waals surface area (Å²) < 4.78 is 71.3. The molecule has 2 aromatic carbocycles. The highest BCUT2D eigenvalue weighted by molar-refractivity contribution is 8.15. The summed E-state index contributed by atoms with van der Waals surface area (Å²) in [6.45, 7) is -0.341. The van der Waals surface area contributed by atoms with Gasteiger partial charge < -0.3 is 4.74 Å². The number of ketones is 1. The van der Waals surface area contributed by atoms with Crippen molar-refractivity contribution in [2.24, 2.45) is 5.14 Å². The van der Waals surface area contributed by atoms with Gasteiger partial charge in [-0.15, -0.1) is 0 Å². The molecule has 1 aliphatic heterocycles. The van der Waals surface area contributed by atoms with E-state index in [0.29, 0.717) is 12.2 Å². The van der Waals surface area contributed by atoms with Crippen molar-refractivity contribution < 1.29 is 40.1 Å². The summed E-state index contributed by atoms with van der Waals surface area (Å²) >= 11 is 1.02. The number of benzene rings is 2. The molecule has 0 amide bonds. The van der Waals surface area contributed by atoms with E-state index < -0.39 is 33.4 Å². The van der Waals surface area contributed by atoms with E-state index in [1.807, 2.05) is 0 Å². The van der Waals surface area contributed by atoms with Crippen LogP contribution in [0.4, 0.5) is 13.2 Å². The van der Waals surface area contributed by atoms with Gasteiger partial charge in [0, 0.05) is 0 Å². The van der Waals surface area contributed by atoms with E-state index in [-0.39, 0.29) is 29.5 Å². The highest BCUT2D eigenvalue weighted by Crippen LogP contribution is 2.31. The summed E-state index contributed by atoms with van der Waals surface area (Å²) in [7, 11) is -4.41. The lowest BCUT2D eigenvalue weighted by Crippen LogP contribution is -2.23. The normalized spacial score (nSPS) is 18.1. The zero-order valence-electron chi connectivity index (χ0n) is 16.4. The highest BCUT2D eigenvalue weighted by atomic mass is 32.2. The molecule has 172 valence electrons. The van der Waals surface area contributed by atoms with Gasteiger partial charge >= 0.3 is 16.5 Å². The number of carbonyl (C=O) groups excluding carboxylic acids is 2. The molecular weight excluding hydrogens is 471 g/mol. The first-order chi connectivity index (χ1) is 14.9. The Kier molecular flexibility index (Phi) is 7.28. The lowest BCUT2D eigenvalue weighted by molar-refractivity contribution is -0.137. The number of halogens is 3. The Hall–Kier alpha value is -2.41. The molecule has 0 spiro atoms. The molecule has 1 heterocycles. The Bertz CT molecular complexity index is 1090. The van der Waals surface area contributed by atoms with Gasteiger partial charge in [-0.3, -0.25) is 9.59 Å². The maximum atomic E-state index is 12.8. The van der Waals surface area contributed by atoms with Gasteiger partial charge in [0.25, 0.3) is 0 Å². The number of thioether (sulfide) groups is 1. The maximum absolute atomic E-state index is 12.8. The molecule has 32 heavy (non-hydrogen) atoms. The van der Waals surface area contributed by atoms with E-state index in [1.165, 1.54) is 0 Å². The summed E-state index contributed by atoms with van der Waals surface area (Å²) in [5.41, 5.74) is 0.0378. The number of Topliss-reactive ketones (excluding diaryl/α,β-unsaturated/α-hetero) is 1. The topological polar surface area (TPSA) is 113 Å². The monoisotopic (exact) mass is 489 g/mol. The molecular formula is C20H18F3NO6S2. The first-order valence-corrected chi connectivity index (χ1v) is 11.6. The molecule has 2 unspecified atom stereocenters. The van der Waals surface area contributed by atoms with Crippen molar-refractivity contribution >= 4 is 33.0 Å². The zero-order chi connectivity index (χ0) is 23.5. The van der Waals surface area contributed by atoms with Crippen LogP contribution in [0.5, 0.6) is 5.75 Å². The first kappa shape index (κ1) is 24.2. The standard InChI is InChI=1S/C20H18F3NO6S2/c21-20(22,23)14-5-3-13(4-6-14)17(30-32(24,27)28)11-29-15-7-1-12(2-8-15)9-18-16(25)10-19(26)31-18/h1-8,17-18H,9-11H2,(H2,24,27,28). The summed E-state index contributed by atoms with van der Waals surface area (Å²) in [4.78, 5) is 23.1. The number of nitrogens with two attached hydrogens (primary N) is 1.